The average Bonchev–Trinajstić information content (AvgIpc) is 2.18. The van der Waals surface area contributed by atoms with Gasteiger partial charge in [-0.3, -0.25) is 4.79 Å². The summed E-state index contributed by atoms with van der Waals surface area (Å²) >= 11 is 0. The zero-order valence-electron chi connectivity index (χ0n) is 8.49. The third-order valence-corrected chi connectivity index (χ3v) is 2.64. The molecule has 1 heterocycles. The number of halogens is 1. The van der Waals surface area contributed by atoms with Gasteiger partial charge in [-0.1, -0.05) is 6.08 Å². The fourth-order valence-electron chi connectivity index (χ4n) is 1.76. The van der Waals surface area contributed by atoms with Gasteiger partial charge in [0.2, 0.25) is 0 Å². The Labute approximate surface area is 91.3 Å². The van der Waals surface area contributed by atoms with E-state index in [4.69, 9.17) is 0 Å². The molecule has 0 spiro atoms. The fraction of sp³-hybridized carbons (Fsp3) is 0.700. The SMILES string of the molecule is C=C[C@H]1CNCC[C@H]1CC(=O)OC.Cl. The van der Waals surface area contributed by atoms with Crippen molar-refractivity contribution in [3.05, 3.63) is 12.7 Å². The van der Waals surface area contributed by atoms with Crippen LogP contribution in [0.1, 0.15) is 12.8 Å². The highest BCUT2D eigenvalue weighted by atomic mass is 35.5. The number of ether oxygens (including phenoxy) is 1. The lowest BCUT2D eigenvalue weighted by Gasteiger charge is -2.29. The molecule has 1 rings (SSSR count). The summed E-state index contributed by atoms with van der Waals surface area (Å²) in [7, 11) is 1.44. The lowest BCUT2D eigenvalue weighted by molar-refractivity contribution is -0.142. The van der Waals surface area contributed by atoms with Crippen molar-refractivity contribution >= 4 is 18.4 Å². The molecule has 0 aromatic rings. The van der Waals surface area contributed by atoms with E-state index in [0.717, 1.165) is 19.5 Å². The molecule has 0 aromatic carbocycles. The molecule has 82 valence electrons. The molecule has 3 nitrogen and oxygen atoms in total. The van der Waals surface area contributed by atoms with Gasteiger partial charge < -0.3 is 10.1 Å². The zero-order valence-corrected chi connectivity index (χ0v) is 9.31. The molecule has 2 atom stereocenters. The first-order valence-electron chi connectivity index (χ1n) is 4.68. The molecule has 0 bridgehead atoms. The van der Waals surface area contributed by atoms with Gasteiger partial charge in [-0.05, 0) is 24.8 Å². The van der Waals surface area contributed by atoms with Gasteiger partial charge in [0.25, 0.3) is 0 Å². The maximum absolute atomic E-state index is 11.1. The highest BCUT2D eigenvalue weighted by molar-refractivity contribution is 5.85. The second-order valence-corrected chi connectivity index (χ2v) is 3.43. The fourth-order valence-corrected chi connectivity index (χ4v) is 1.76. The van der Waals surface area contributed by atoms with E-state index >= 15 is 0 Å². The van der Waals surface area contributed by atoms with Crippen molar-refractivity contribution < 1.29 is 9.53 Å². The van der Waals surface area contributed by atoms with E-state index in [0.29, 0.717) is 18.3 Å². The molecule has 0 amide bonds. The van der Waals surface area contributed by atoms with Gasteiger partial charge in [0.1, 0.15) is 0 Å². The molecule has 4 heteroatoms. The second kappa shape index (κ2) is 6.85. The highest BCUT2D eigenvalue weighted by Crippen LogP contribution is 2.23. The number of hydrogen-bond acceptors (Lipinski definition) is 3. The monoisotopic (exact) mass is 219 g/mol. The van der Waals surface area contributed by atoms with Crippen LogP contribution >= 0.6 is 12.4 Å². The summed E-state index contributed by atoms with van der Waals surface area (Å²) in [6.07, 6.45) is 3.49. The van der Waals surface area contributed by atoms with Gasteiger partial charge in [0.15, 0.2) is 0 Å². The van der Waals surface area contributed by atoms with E-state index < -0.39 is 0 Å². The molecule has 0 radical (unpaired) electrons. The van der Waals surface area contributed by atoms with Crippen LogP contribution in [0.5, 0.6) is 0 Å². The van der Waals surface area contributed by atoms with Crippen molar-refractivity contribution in [2.45, 2.75) is 12.8 Å². The zero-order chi connectivity index (χ0) is 9.68. The minimum Gasteiger partial charge on any atom is -0.469 e. The van der Waals surface area contributed by atoms with Gasteiger partial charge in [0, 0.05) is 13.0 Å². The number of methoxy groups -OCH3 is 1. The van der Waals surface area contributed by atoms with Crippen molar-refractivity contribution in [2.24, 2.45) is 11.8 Å². The van der Waals surface area contributed by atoms with Crippen molar-refractivity contribution in [2.75, 3.05) is 20.2 Å². The quantitative estimate of drug-likeness (QED) is 0.576. The number of esters is 1. The Bertz CT molecular complexity index is 197. The topological polar surface area (TPSA) is 38.3 Å². The molecular formula is C10H18ClNO2. The molecule has 0 unspecified atom stereocenters. The van der Waals surface area contributed by atoms with Crippen LogP contribution in [0.2, 0.25) is 0 Å². The molecule has 1 N–H and O–H groups in total. The summed E-state index contributed by atoms with van der Waals surface area (Å²) in [6, 6.07) is 0. The predicted octanol–water partition coefficient (Wildman–Crippen LogP) is 1.38. The minimum atomic E-state index is -0.112. The number of hydrogen-bond donors (Lipinski definition) is 1. The number of rotatable bonds is 3. The van der Waals surface area contributed by atoms with E-state index in [1.165, 1.54) is 7.11 Å². The Morgan fingerprint density at radius 2 is 2.43 bits per heavy atom. The first kappa shape index (κ1) is 13.5. The lowest BCUT2D eigenvalue weighted by atomic mass is 9.84. The van der Waals surface area contributed by atoms with Crippen molar-refractivity contribution in [3.63, 3.8) is 0 Å². The van der Waals surface area contributed by atoms with Gasteiger partial charge in [-0.15, -0.1) is 19.0 Å². The van der Waals surface area contributed by atoms with E-state index in [2.05, 4.69) is 16.6 Å². The summed E-state index contributed by atoms with van der Waals surface area (Å²) < 4.78 is 4.65. The maximum atomic E-state index is 11.1. The first-order valence-corrected chi connectivity index (χ1v) is 4.68. The van der Waals surface area contributed by atoms with Crippen LogP contribution in [0.3, 0.4) is 0 Å². The van der Waals surface area contributed by atoms with Gasteiger partial charge in [0.05, 0.1) is 7.11 Å². The molecule has 1 saturated heterocycles. The number of nitrogens with one attached hydrogen (secondary N) is 1. The van der Waals surface area contributed by atoms with Crippen molar-refractivity contribution in [1.82, 2.24) is 5.32 Å². The molecule has 0 aromatic heterocycles. The largest absolute Gasteiger partial charge is 0.469 e. The Balaban J connectivity index is 0.00000169. The summed E-state index contributed by atoms with van der Waals surface area (Å²) in [5, 5.41) is 3.28. The molecule has 0 saturated carbocycles. The standard InChI is InChI=1S/C10H17NO2.ClH/c1-3-8-7-11-5-4-9(8)6-10(12)13-2;/h3,8-9,11H,1,4-7H2,2H3;1H/t8-,9-;/m0./s1. The first-order chi connectivity index (χ1) is 6.27. The predicted molar refractivity (Wildman–Crippen MR) is 58.5 cm³/mol. The lowest BCUT2D eigenvalue weighted by Crippen LogP contribution is -2.36. The van der Waals surface area contributed by atoms with E-state index in [9.17, 15) is 4.79 Å². The molecule has 1 aliphatic rings. The van der Waals surface area contributed by atoms with E-state index in [1.807, 2.05) is 6.08 Å². The minimum absolute atomic E-state index is 0. The van der Waals surface area contributed by atoms with Crippen LogP contribution in [0.15, 0.2) is 12.7 Å². The van der Waals surface area contributed by atoms with Gasteiger partial charge >= 0.3 is 5.97 Å². The summed E-state index contributed by atoms with van der Waals surface area (Å²) in [5.41, 5.74) is 0. The van der Waals surface area contributed by atoms with Crippen molar-refractivity contribution in [3.8, 4) is 0 Å². The number of carbonyl (C=O) groups excluding carboxylic acids is 1. The Hall–Kier alpha value is -0.540. The Morgan fingerprint density at radius 3 is 3.00 bits per heavy atom. The van der Waals surface area contributed by atoms with Crippen LogP contribution < -0.4 is 5.32 Å². The van der Waals surface area contributed by atoms with E-state index in [1.54, 1.807) is 0 Å². The summed E-state index contributed by atoms with van der Waals surface area (Å²) in [6.45, 7) is 5.70. The molecule has 0 aliphatic carbocycles. The second-order valence-electron chi connectivity index (χ2n) is 3.43. The summed E-state index contributed by atoms with van der Waals surface area (Å²) in [5.74, 6) is 0.706. The van der Waals surface area contributed by atoms with Crippen LogP contribution in [0.4, 0.5) is 0 Å². The summed E-state index contributed by atoms with van der Waals surface area (Å²) in [4.78, 5) is 11.1. The van der Waals surface area contributed by atoms with Crippen LogP contribution in [0, 0.1) is 11.8 Å². The third-order valence-electron chi connectivity index (χ3n) is 2.64. The smallest absolute Gasteiger partial charge is 0.305 e. The molecule has 1 fully saturated rings. The van der Waals surface area contributed by atoms with Gasteiger partial charge in [-0.25, -0.2) is 0 Å². The Morgan fingerprint density at radius 1 is 1.71 bits per heavy atom. The van der Waals surface area contributed by atoms with Crippen LogP contribution in [-0.2, 0) is 9.53 Å². The maximum Gasteiger partial charge on any atom is 0.305 e. The molecule has 14 heavy (non-hydrogen) atoms. The number of piperidine rings is 1. The molecular weight excluding hydrogens is 202 g/mol. The normalized spacial score (nSPS) is 26.1. The van der Waals surface area contributed by atoms with Crippen molar-refractivity contribution in [1.29, 1.82) is 0 Å². The van der Waals surface area contributed by atoms with Crippen LogP contribution in [-0.4, -0.2) is 26.2 Å². The highest BCUT2D eigenvalue weighted by Gasteiger charge is 2.24. The van der Waals surface area contributed by atoms with Crippen LogP contribution in [0.25, 0.3) is 0 Å². The third kappa shape index (κ3) is 3.68. The van der Waals surface area contributed by atoms with E-state index in [-0.39, 0.29) is 18.4 Å². The Kier molecular flexibility index (Phi) is 6.58. The number of carbonyl (C=O) groups is 1. The average molecular weight is 220 g/mol. The molecule has 1 aliphatic heterocycles. The van der Waals surface area contributed by atoms with Gasteiger partial charge in [-0.2, -0.15) is 0 Å².